The predicted molar refractivity (Wildman–Crippen MR) is 371 cm³/mol. The number of hydrogen-bond acceptors (Lipinski definition) is 23. The van der Waals surface area contributed by atoms with Gasteiger partial charge in [0.05, 0.1) is 88.8 Å². The molecule has 3 saturated heterocycles. The molecule has 3 fully saturated rings. The predicted octanol–water partition coefficient (Wildman–Crippen LogP) is 9.70. The minimum atomic E-state index is -2.27. The van der Waals surface area contributed by atoms with Gasteiger partial charge < -0.3 is 86.5 Å². The zero-order valence-electron chi connectivity index (χ0n) is 60.3. The van der Waals surface area contributed by atoms with E-state index < -0.39 is 95.7 Å². The summed E-state index contributed by atoms with van der Waals surface area (Å²) in [7, 11) is 1.03. The maximum atomic E-state index is 15.0. The number of nitrogen functional groups attached to an aromatic ring is 1. The van der Waals surface area contributed by atoms with E-state index in [4.69, 9.17) is 71.4 Å². The second-order valence-corrected chi connectivity index (χ2v) is 37.3. The first-order chi connectivity index (χ1) is 46.4. The van der Waals surface area contributed by atoms with Crippen molar-refractivity contribution in [1.82, 2.24) is 15.1 Å². The molecule has 6 rings (SSSR count). The van der Waals surface area contributed by atoms with Crippen LogP contribution < -0.4 is 40.1 Å². The van der Waals surface area contributed by atoms with E-state index in [-0.39, 0.29) is 118 Å². The van der Waals surface area contributed by atoms with Crippen LogP contribution in [0.5, 0.6) is 28.7 Å². The number of likely N-dealkylation sites (tertiary alicyclic amines) is 2. The van der Waals surface area contributed by atoms with Gasteiger partial charge in [0.1, 0.15) is 12.4 Å². The third kappa shape index (κ3) is 21.2. The van der Waals surface area contributed by atoms with E-state index in [2.05, 4.69) is 91.5 Å². The van der Waals surface area contributed by atoms with Crippen LogP contribution in [0.15, 0.2) is 66.8 Å². The summed E-state index contributed by atoms with van der Waals surface area (Å²) in [6, 6.07) is 9.71. The fourth-order valence-electron chi connectivity index (χ4n) is 10.7. The number of unbranched alkanes of at least 4 members (excludes halogenated alkanes) is 2. The topological polar surface area (TPSA) is 322 Å². The molecule has 0 spiro atoms. The summed E-state index contributed by atoms with van der Waals surface area (Å²) in [6.45, 7) is 34.5. The molecular weight excluding hydrogens is 1320 g/mol. The first-order valence-corrected chi connectivity index (χ1v) is 38.7. The molecule has 3 aromatic rings. The quantitative estimate of drug-likeness (QED) is 0.0135. The third-order valence-corrected chi connectivity index (χ3v) is 27.1. The second kappa shape index (κ2) is 34.7. The summed E-state index contributed by atoms with van der Waals surface area (Å²) in [6.07, 6.45) is -6.85. The largest absolute Gasteiger partial charge is 0.493 e. The van der Waals surface area contributed by atoms with E-state index in [9.17, 15) is 38.4 Å². The number of nitrogens with zero attached hydrogens (tertiary/aromatic N) is 2. The number of rotatable bonds is 31. The monoisotopic (exact) mass is 1420 g/mol. The van der Waals surface area contributed by atoms with E-state index in [1.165, 1.54) is 51.7 Å². The minimum absolute atomic E-state index is 0.00252. The van der Waals surface area contributed by atoms with Crippen LogP contribution in [0.25, 0.3) is 0 Å². The van der Waals surface area contributed by atoms with Crippen molar-refractivity contribution < 1.29 is 104 Å². The number of nitrogens with two attached hydrogens (primary N) is 1. The van der Waals surface area contributed by atoms with Gasteiger partial charge in [-0.3, -0.25) is 34.1 Å². The Balaban J connectivity index is 1.21. The van der Waals surface area contributed by atoms with Crippen LogP contribution in [-0.2, 0) is 67.8 Å². The van der Waals surface area contributed by atoms with E-state index >= 15 is 0 Å². The van der Waals surface area contributed by atoms with Gasteiger partial charge in [0.15, 0.2) is 57.9 Å². The first kappa shape index (κ1) is 79.8. The Hall–Kier alpha value is -8.23. The first-order valence-electron chi connectivity index (χ1n) is 32.9. The van der Waals surface area contributed by atoms with Crippen molar-refractivity contribution in [1.29, 1.82) is 0 Å². The fraction of sp³-hybridized carbons (Fsp3) is 0.571. The van der Waals surface area contributed by atoms with Gasteiger partial charge in [0.2, 0.25) is 12.4 Å². The van der Waals surface area contributed by atoms with Gasteiger partial charge in [-0.15, -0.1) is 0 Å². The van der Waals surface area contributed by atoms with Crippen LogP contribution in [0.3, 0.4) is 0 Å². The number of carbonyl (C=O) groups is 8. The highest BCUT2D eigenvalue weighted by Gasteiger charge is 2.56. The highest BCUT2D eigenvalue weighted by atomic mass is 28.4. The number of methoxy groups -OCH3 is 4. The summed E-state index contributed by atoms with van der Waals surface area (Å²) >= 11 is 0. The third-order valence-electron chi connectivity index (χ3n) is 18.1. The molecule has 0 bridgehead atoms. The smallest absolute Gasteiger partial charge is 0.411 e. The Labute approximate surface area is 582 Å². The van der Waals surface area contributed by atoms with Crippen molar-refractivity contribution in [3.05, 3.63) is 89.0 Å². The normalized spacial score (nSPS) is 19.5. The summed E-state index contributed by atoms with van der Waals surface area (Å²) in [5, 5.41) is 5.33. The van der Waals surface area contributed by atoms with Gasteiger partial charge in [-0.05, 0) is 98.2 Å². The molecule has 0 saturated carbocycles. The van der Waals surface area contributed by atoms with Crippen LogP contribution in [-0.4, -0.2) is 198 Å². The van der Waals surface area contributed by atoms with Crippen molar-refractivity contribution in [2.24, 2.45) is 0 Å². The van der Waals surface area contributed by atoms with Crippen molar-refractivity contribution >= 4 is 75.7 Å². The molecule has 3 heterocycles. The zero-order chi connectivity index (χ0) is 73.5. The average molecular weight is 1420 g/mol. The molecule has 3 aliphatic rings. The summed E-state index contributed by atoms with van der Waals surface area (Å²) in [4.78, 5) is 111. The highest BCUT2D eigenvalue weighted by molar-refractivity contribution is 6.74. The zero-order valence-corrected chi connectivity index (χ0v) is 62.3. The summed E-state index contributed by atoms with van der Waals surface area (Å²) < 4.78 is 81.6. The van der Waals surface area contributed by atoms with Crippen LogP contribution in [0.1, 0.15) is 131 Å². The Bertz CT molecular complexity index is 3440. The average Bonchev–Trinajstić information content (AvgIpc) is 1.38. The standard InChI is InChI=1S/C70H101N5O22Si2/c1-41-29-47(39-91-98(16,17)69(6,7)8)74(36-41)64(80)49-32-55(85-13)57(34-52(49)71)88-26-21-20-22-27-89-58-35-53(50(33-56(58)86-14)65(81)75-37-42(2)30-48(75)40-92-99(18,19)70(9,10)11)73-68(83)90-38-46-23-24-54(51(31-46)63(79)72-25-28-84-12)96-67-62(95-45(5)78)60(94-44(4)77)59(93-43(3)76)61(97-67)66(82)87-15/h23-24,31-35,47-48,59-62,67H,1-2,20-22,25-30,36-40,71H2,3-19H3,(H,72,79)(H,73,83)/t47-,48-,59-,60?,61-,62+,67+/m0/s1. The van der Waals surface area contributed by atoms with Gasteiger partial charge in [-0.25, -0.2) is 9.59 Å². The molecule has 0 radical (unpaired) electrons. The Morgan fingerprint density at radius 2 is 1.12 bits per heavy atom. The lowest BCUT2D eigenvalue weighted by atomic mass is 9.97. The lowest BCUT2D eigenvalue weighted by Crippen LogP contribution is -2.64. The van der Waals surface area contributed by atoms with E-state index in [1.807, 2.05) is 0 Å². The molecule has 4 amide bonds. The lowest BCUT2D eigenvalue weighted by Gasteiger charge is -2.43. The van der Waals surface area contributed by atoms with Crippen LogP contribution in [0.4, 0.5) is 16.2 Å². The number of carbonyl (C=O) groups excluding carboxylic acids is 8. The molecule has 0 aromatic heterocycles. The van der Waals surface area contributed by atoms with Gasteiger partial charge in [-0.2, -0.15) is 0 Å². The van der Waals surface area contributed by atoms with Crippen LogP contribution in [0, 0.1) is 0 Å². The molecule has 27 nitrogen and oxygen atoms in total. The maximum Gasteiger partial charge on any atom is 0.411 e. The van der Waals surface area contributed by atoms with E-state index in [1.54, 1.807) is 21.9 Å². The molecule has 3 aliphatic heterocycles. The highest BCUT2D eigenvalue weighted by Crippen LogP contribution is 2.42. The number of esters is 4. The van der Waals surface area contributed by atoms with Crippen LogP contribution >= 0.6 is 0 Å². The van der Waals surface area contributed by atoms with E-state index in [0.29, 0.717) is 56.8 Å². The number of nitrogens with one attached hydrogen (secondary N) is 2. The second-order valence-electron chi connectivity index (χ2n) is 27.7. The summed E-state index contributed by atoms with van der Waals surface area (Å²) in [5.74, 6) is -4.34. The maximum absolute atomic E-state index is 15.0. The SMILES string of the molecule is C=C1C[C@@H](CO[Si](C)(C)C(C)(C)C)N(C(=O)c2cc(OC)c(OCCCCCOc3cc(NC(=O)OCc4ccc(O[C@@H]5O[C@H](C(=O)OC)[C@@H](OC(C)=O)C(OC(C)=O)[C@H]5OC(C)=O)c(C(=O)NCCOC)c4)c(C(=O)N4CC(=C)C[C@H]4CO[Si](C)(C)C(C)(C)C)cc3OC)cc2N)C1. The summed E-state index contributed by atoms with van der Waals surface area (Å²) in [5.41, 5.74) is 8.97. The molecule has 546 valence electrons. The number of ether oxygens (including phenoxy) is 12. The fourth-order valence-corrected chi connectivity index (χ4v) is 12.8. The van der Waals surface area contributed by atoms with Gasteiger partial charge in [-0.1, -0.05) is 71.9 Å². The molecule has 3 aromatic carbocycles. The van der Waals surface area contributed by atoms with Crippen molar-refractivity contribution in [2.75, 3.05) is 92.2 Å². The van der Waals surface area contributed by atoms with E-state index in [0.717, 1.165) is 39.0 Å². The Kier molecular flexibility index (Phi) is 28.0. The van der Waals surface area contributed by atoms with Crippen molar-refractivity contribution in [3.8, 4) is 28.7 Å². The van der Waals surface area contributed by atoms with Crippen LogP contribution in [0.2, 0.25) is 36.3 Å². The van der Waals surface area contributed by atoms with Crippen molar-refractivity contribution in [2.45, 2.75) is 180 Å². The van der Waals surface area contributed by atoms with Gasteiger partial charge in [0, 0.05) is 65.3 Å². The molecule has 4 N–H and O–H groups in total. The number of benzene rings is 3. The molecular formula is C70H101N5O22Si2. The lowest BCUT2D eigenvalue weighted by molar-refractivity contribution is -0.282. The molecule has 7 atom stereocenters. The molecule has 0 aliphatic carbocycles. The van der Waals surface area contributed by atoms with Gasteiger partial charge in [0.25, 0.3) is 17.7 Å². The van der Waals surface area contributed by atoms with Gasteiger partial charge >= 0.3 is 30.0 Å². The van der Waals surface area contributed by atoms with Crippen molar-refractivity contribution in [3.63, 3.8) is 0 Å². The number of hydrogen-bond donors (Lipinski definition) is 3. The molecule has 29 heteroatoms. The molecule has 99 heavy (non-hydrogen) atoms. The number of anilines is 2. The molecule has 1 unspecified atom stereocenters. The Morgan fingerprint density at radius 3 is 1.63 bits per heavy atom. The minimum Gasteiger partial charge on any atom is -0.493 e. The Morgan fingerprint density at radius 1 is 0.616 bits per heavy atom. The number of amides is 4.